The number of benzene rings is 1. The first-order valence-electron chi connectivity index (χ1n) is 5.78. The molecule has 0 fully saturated rings. The van der Waals surface area contributed by atoms with Crippen molar-refractivity contribution in [2.24, 2.45) is 0 Å². The maximum atomic E-state index is 13.7. The quantitative estimate of drug-likeness (QED) is 0.849. The summed E-state index contributed by atoms with van der Waals surface area (Å²) in [5.41, 5.74) is -1.53. The Balaban J connectivity index is 2.39. The SMILES string of the molecule is CC(C)(O)CCN1C(=O)C(=O)c2cc(F)cc(F)c21. The molecule has 2 rings (SSSR count). The molecule has 1 aromatic rings. The van der Waals surface area contributed by atoms with Gasteiger partial charge >= 0.3 is 0 Å². The van der Waals surface area contributed by atoms with Crippen molar-refractivity contribution in [2.75, 3.05) is 11.4 Å². The molecule has 1 N–H and O–H groups in total. The number of amides is 1. The molecule has 0 spiro atoms. The Morgan fingerprint density at radius 3 is 2.47 bits per heavy atom. The fourth-order valence-electron chi connectivity index (χ4n) is 1.95. The van der Waals surface area contributed by atoms with E-state index in [4.69, 9.17) is 0 Å². The molecule has 0 radical (unpaired) electrons. The number of anilines is 1. The standard InChI is InChI=1S/C13H13F2NO3/c1-13(2,19)3-4-16-10-8(11(17)12(16)18)5-7(14)6-9(10)15/h5-6,19H,3-4H2,1-2H3. The molecule has 1 aromatic carbocycles. The zero-order valence-electron chi connectivity index (χ0n) is 10.5. The van der Waals surface area contributed by atoms with Crippen LogP contribution in [-0.4, -0.2) is 28.9 Å². The summed E-state index contributed by atoms with van der Waals surface area (Å²) in [6.07, 6.45) is 0.169. The summed E-state index contributed by atoms with van der Waals surface area (Å²) in [7, 11) is 0. The molecule has 1 aliphatic heterocycles. The lowest BCUT2D eigenvalue weighted by molar-refractivity contribution is -0.114. The Bertz CT molecular complexity index is 564. The van der Waals surface area contributed by atoms with Crippen LogP contribution in [0.2, 0.25) is 0 Å². The number of nitrogens with zero attached hydrogens (tertiary/aromatic N) is 1. The number of rotatable bonds is 3. The van der Waals surface area contributed by atoms with Crippen LogP contribution >= 0.6 is 0 Å². The van der Waals surface area contributed by atoms with Crippen molar-refractivity contribution in [2.45, 2.75) is 25.9 Å². The van der Waals surface area contributed by atoms with Crippen LogP contribution in [0, 0.1) is 11.6 Å². The van der Waals surface area contributed by atoms with Gasteiger partial charge in [0.15, 0.2) is 5.82 Å². The fourth-order valence-corrected chi connectivity index (χ4v) is 1.95. The van der Waals surface area contributed by atoms with E-state index in [1.165, 1.54) is 13.8 Å². The molecule has 6 heteroatoms. The Labute approximate surface area is 108 Å². The van der Waals surface area contributed by atoms with E-state index in [9.17, 15) is 23.5 Å². The molecule has 0 aliphatic carbocycles. The van der Waals surface area contributed by atoms with Gasteiger partial charge in [-0.15, -0.1) is 0 Å². The number of fused-ring (bicyclic) bond motifs is 1. The summed E-state index contributed by atoms with van der Waals surface area (Å²) < 4.78 is 26.8. The summed E-state index contributed by atoms with van der Waals surface area (Å²) in [6, 6.07) is 1.48. The van der Waals surface area contributed by atoms with Crippen LogP contribution < -0.4 is 4.90 Å². The highest BCUT2D eigenvalue weighted by Crippen LogP contribution is 2.33. The lowest BCUT2D eigenvalue weighted by Gasteiger charge is -2.22. The molecular weight excluding hydrogens is 256 g/mol. The number of hydrogen-bond donors (Lipinski definition) is 1. The second-order valence-electron chi connectivity index (χ2n) is 5.13. The Morgan fingerprint density at radius 1 is 1.26 bits per heavy atom. The molecule has 0 saturated heterocycles. The van der Waals surface area contributed by atoms with Gasteiger partial charge in [-0.2, -0.15) is 0 Å². The van der Waals surface area contributed by atoms with Crippen LogP contribution in [-0.2, 0) is 4.79 Å². The Kier molecular flexibility index (Phi) is 3.14. The van der Waals surface area contributed by atoms with Crippen molar-refractivity contribution in [1.29, 1.82) is 0 Å². The van der Waals surface area contributed by atoms with Crippen molar-refractivity contribution >= 4 is 17.4 Å². The number of carbonyl (C=O) groups is 2. The number of Topliss-reactive ketones (excluding diaryl/α,β-unsaturated/α-hetero) is 1. The van der Waals surface area contributed by atoms with Crippen molar-refractivity contribution in [3.63, 3.8) is 0 Å². The van der Waals surface area contributed by atoms with Crippen LogP contribution in [0.25, 0.3) is 0 Å². The number of halogens is 2. The average Bonchev–Trinajstić information content (AvgIpc) is 2.50. The van der Waals surface area contributed by atoms with E-state index < -0.39 is 28.9 Å². The Morgan fingerprint density at radius 2 is 1.89 bits per heavy atom. The molecule has 1 aliphatic rings. The zero-order valence-corrected chi connectivity index (χ0v) is 10.5. The van der Waals surface area contributed by atoms with E-state index in [1.807, 2.05) is 0 Å². The smallest absolute Gasteiger partial charge is 0.299 e. The highest BCUT2D eigenvalue weighted by atomic mass is 19.1. The van der Waals surface area contributed by atoms with Crippen LogP contribution in [0.3, 0.4) is 0 Å². The van der Waals surface area contributed by atoms with Crippen LogP contribution in [0.4, 0.5) is 14.5 Å². The highest BCUT2D eigenvalue weighted by Gasteiger charge is 2.39. The largest absolute Gasteiger partial charge is 0.390 e. The van der Waals surface area contributed by atoms with Gasteiger partial charge in [0.25, 0.3) is 11.7 Å². The van der Waals surface area contributed by atoms with Gasteiger partial charge in [0.05, 0.1) is 16.9 Å². The summed E-state index contributed by atoms with van der Waals surface area (Å²) in [4.78, 5) is 24.3. The van der Waals surface area contributed by atoms with Crippen molar-refractivity contribution in [3.05, 3.63) is 29.3 Å². The van der Waals surface area contributed by atoms with Crippen molar-refractivity contribution in [1.82, 2.24) is 0 Å². The summed E-state index contributed by atoms with van der Waals surface area (Å²) >= 11 is 0. The predicted octanol–water partition coefficient (Wildman–Crippen LogP) is 1.66. The summed E-state index contributed by atoms with van der Waals surface area (Å²) in [5.74, 6) is -3.68. The molecule has 19 heavy (non-hydrogen) atoms. The van der Waals surface area contributed by atoms with Gasteiger partial charge in [-0.05, 0) is 26.3 Å². The van der Waals surface area contributed by atoms with Crippen molar-refractivity contribution < 1.29 is 23.5 Å². The molecule has 0 bridgehead atoms. The van der Waals surface area contributed by atoms with E-state index in [0.29, 0.717) is 6.07 Å². The van der Waals surface area contributed by atoms with E-state index in [-0.39, 0.29) is 24.2 Å². The second kappa shape index (κ2) is 4.38. The average molecular weight is 269 g/mol. The minimum Gasteiger partial charge on any atom is -0.390 e. The van der Waals surface area contributed by atoms with Crippen LogP contribution in [0.15, 0.2) is 12.1 Å². The lowest BCUT2D eigenvalue weighted by Crippen LogP contribution is -2.35. The van der Waals surface area contributed by atoms with Gasteiger partial charge in [0, 0.05) is 12.6 Å². The zero-order chi connectivity index (χ0) is 14.4. The predicted molar refractivity (Wildman–Crippen MR) is 64.0 cm³/mol. The monoisotopic (exact) mass is 269 g/mol. The number of carbonyl (C=O) groups excluding carboxylic acids is 2. The number of hydrogen-bond acceptors (Lipinski definition) is 3. The molecule has 0 aromatic heterocycles. The van der Waals surface area contributed by atoms with Gasteiger partial charge in [0.1, 0.15) is 5.82 Å². The molecule has 102 valence electrons. The first kappa shape index (κ1) is 13.6. The van der Waals surface area contributed by atoms with Crippen LogP contribution in [0.1, 0.15) is 30.6 Å². The van der Waals surface area contributed by atoms with Crippen LogP contribution in [0.5, 0.6) is 0 Å². The summed E-state index contributed by atoms with van der Waals surface area (Å²) in [5, 5.41) is 9.61. The molecule has 1 heterocycles. The minimum absolute atomic E-state index is 0.0103. The maximum Gasteiger partial charge on any atom is 0.299 e. The fraction of sp³-hybridized carbons (Fsp3) is 0.385. The van der Waals surface area contributed by atoms with E-state index in [1.54, 1.807) is 0 Å². The first-order chi connectivity index (χ1) is 8.70. The number of ketones is 1. The van der Waals surface area contributed by atoms with E-state index >= 15 is 0 Å². The maximum absolute atomic E-state index is 13.7. The molecule has 1 amide bonds. The first-order valence-corrected chi connectivity index (χ1v) is 5.78. The molecule has 0 saturated carbocycles. The molecular formula is C13H13F2NO3. The third-order valence-electron chi connectivity index (χ3n) is 2.93. The normalized spacial score (nSPS) is 15.1. The topological polar surface area (TPSA) is 57.6 Å². The van der Waals surface area contributed by atoms with Gasteiger partial charge in [-0.3, -0.25) is 9.59 Å². The minimum atomic E-state index is -1.05. The van der Waals surface area contributed by atoms with E-state index in [0.717, 1.165) is 11.0 Å². The van der Waals surface area contributed by atoms with Gasteiger partial charge < -0.3 is 10.0 Å². The lowest BCUT2D eigenvalue weighted by atomic mass is 10.1. The van der Waals surface area contributed by atoms with Gasteiger partial charge in [0.2, 0.25) is 0 Å². The summed E-state index contributed by atoms with van der Waals surface area (Å²) in [6.45, 7) is 3.07. The second-order valence-corrected chi connectivity index (χ2v) is 5.13. The van der Waals surface area contributed by atoms with E-state index in [2.05, 4.69) is 0 Å². The Hall–Kier alpha value is -1.82. The van der Waals surface area contributed by atoms with Gasteiger partial charge in [-0.25, -0.2) is 8.78 Å². The molecule has 4 nitrogen and oxygen atoms in total. The van der Waals surface area contributed by atoms with Crippen molar-refractivity contribution in [3.8, 4) is 0 Å². The third kappa shape index (κ3) is 2.49. The third-order valence-corrected chi connectivity index (χ3v) is 2.93. The molecule has 0 unspecified atom stereocenters. The highest BCUT2D eigenvalue weighted by molar-refractivity contribution is 6.52. The number of aliphatic hydroxyl groups is 1. The molecule has 0 atom stereocenters. The van der Waals surface area contributed by atoms with Gasteiger partial charge in [-0.1, -0.05) is 0 Å².